The molecule has 0 fully saturated rings. The molecule has 0 saturated heterocycles. The van der Waals surface area contributed by atoms with Crippen molar-refractivity contribution in [2.24, 2.45) is 0 Å². The summed E-state index contributed by atoms with van der Waals surface area (Å²) in [6.45, 7) is 8.70. The summed E-state index contributed by atoms with van der Waals surface area (Å²) in [7, 11) is 0. The van der Waals surface area contributed by atoms with Gasteiger partial charge in [-0.3, -0.25) is 4.79 Å². The van der Waals surface area contributed by atoms with Crippen molar-refractivity contribution in [1.29, 1.82) is 0 Å². The van der Waals surface area contributed by atoms with Crippen molar-refractivity contribution < 1.29 is 4.79 Å². The highest BCUT2D eigenvalue weighted by Gasteiger charge is 2.29. The van der Waals surface area contributed by atoms with E-state index in [0.717, 1.165) is 12.1 Å². The third-order valence-electron chi connectivity index (χ3n) is 4.56. The van der Waals surface area contributed by atoms with Crippen LogP contribution in [0, 0.1) is 0 Å². The van der Waals surface area contributed by atoms with Crippen molar-refractivity contribution in [3.8, 4) is 0 Å². The second-order valence-corrected chi connectivity index (χ2v) is 8.27. The van der Waals surface area contributed by atoms with Gasteiger partial charge in [-0.05, 0) is 41.0 Å². The molecule has 2 aromatic rings. The molecule has 1 atom stereocenters. The van der Waals surface area contributed by atoms with Crippen LogP contribution in [0.15, 0.2) is 47.4 Å². The highest BCUT2D eigenvalue weighted by molar-refractivity contribution is 8.01. The second kappa shape index (κ2) is 7.02. The second-order valence-electron chi connectivity index (χ2n) is 7.03. The number of anilines is 1. The number of thioether (sulfide) groups is 1. The Hall–Kier alpha value is -1.74. The minimum atomic E-state index is -0.0392. The predicted octanol–water partition coefficient (Wildman–Crippen LogP) is 5.59. The average molecular weight is 340 g/mol. The van der Waals surface area contributed by atoms with Crippen LogP contribution in [0.25, 0.3) is 0 Å². The lowest BCUT2D eigenvalue weighted by molar-refractivity contribution is -0.115. The number of fused-ring (bicyclic) bond motifs is 1. The Balaban J connectivity index is 1.85. The summed E-state index contributed by atoms with van der Waals surface area (Å²) in [4.78, 5) is 14.1. The van der Waals surface area contributed by atoms with Gasteiger partial charge in [0.1, 0.15) is 0 Å². The van der Waals surface area contributed by atoms with Crippen molar-refractivity contribution in [1.82, 2.24) is 0 Å². The van der Waals surface area contributed by atoms with Gasteiger partial charge in [0, 0.05) is 10.6 Å². The molecule has 1 N–H and O–H groups in total. The van der Waals surface area contributed by atoms with Gasteiger partial charge in [0.05, 0.1) is 5.25 Å². The van der Waals surface area contributed by atoms with Crippen LogP contribution in [-0.2, 0) is 11.2 Å². The number of benzene rings is 2. The molecule has 1 aliphatic heterocycles. The Labute approximate surface area is 149 Å². The Bertz CT molecular complexity index is 700. The molecule has 126 valence electrons. The largest absolute Gasteiger partial charge is 0.325 e. The lowest BCUT2D eigenvalue weighted by Gasteiger charge is -2.21. The molecular weight excluding hydrogens is 314 g/mol. The SMILES string of the molecule is CC(C)c1cccc(C(C)C)c1NC(=O)C1Cc2ccccc2S1. The van der Waals surface area contributed by atoms with Crippen LogP contribution in [0.2, 0.25) is 0 Å². The smallest absolute Gasteiger partial charge is 0.238 e. The van der Waals surface area contributed by atoms with Crippen LogP contribution < -0.4 is 5.32 Å². The van der Waals surface area contributed by atoms with Gasteiger partial charge in [-0.25, -0.2) is 0 Å². The van der Waals surface area contributed by atoms with Gasteiger partial charge >= 0.3 is 0 Å². The summed E-state index contributed by atoms with van der Waals surface area (Å²) in [6, 6.07) is 14.7. The molecule has 0 radical (unpaired) electrons. The van der Waals surface area contributed by atoms with Gasteiger partial charge in [-0.15, -0.1) is 11.8 Å². The number of rotatable bonds is 4. The molecule has 2 nitrogen and oxygen atoms in total. The molecule has 2 aromatic carbocycles. The summed E-state index contributed by atoms with van der Waals surface area (Å²) in [5, 5.41) is 3.22. The fourth-order valence-electron chi connectivity index (χ4n) is 3.23. The van der Waals surface area contributed by atoms with E-state index in [-0.39, 0.29) is 11.2 Å². The first-order chi connectivity index (χ1) is 11.5. The number of nitrogens with one attached hydrogen (secondary N) is 1. The third kappa shape index (κ3) is 3.36. The summed E-state index contributed by atoms with van der Waals surface area (Å²) < 4.78 is 0. The minimum absolute atomic E-state index is 0.0392. The minimum Gasteiger partial charge on any atom is -0.325 e. The van der Waals surface area contributed by atoms with Crippen LogP contribution in [0.1, 0.15) is 56.2 Å². The van der Waals surface area contributed by atoms with Crippen LogP contribution in [0.4, 0.5) is 5.69 Å². The van der Waals surface area contributed by atoms with E-state index in [2.05, 4.69) is 63.3 Å². The standard InChI is InChI=1S/C21H25NOS/c1-13(2)16-9-7-10-17(14(3)4)20(16)22-21(23)19-12-15-8-5-6-11-18(15)24-19/h5-11,13-14,19H,12H2,1-4H3,(H,22,23). The van der Waals surface area contributed by atoms with Crippen LogP contribution in [0.3, 0.4) is 0 Å². The zero-order chi connectivity index (χ0) is 17.3. The maximum Gasteiger partial charge on any atom is 0.238 e. The Morgan fingerprint density at radius 1 is 1.00 bits per heavy atom. The topological polar surface area (TPSA) is 29.1 Å². The first kappa shape index (κ1) is 17.1. The molecule has 0 saturated carbocycles. The summed E-state index contributed by atoms with van der Waals surface area (Å²) in [5.74, 6) is 0.881. The van der Waals surface area contributed by atoms with Crippen molar-refractivity contribution in [3.63, 3.8) is 0 Å². The molecule has 24 heavy (non-hydrogen) atoms. The lowest BCUT2D eigenvalue weighted by atomic mass is 9.92. The van der Waals surface area contributed by atoms with E-state index in [0.29, 0.717) is 11.8 Å². The van der Waals surface area contributed by atoms with Crippen LogP contribution in [-0.4, -0.2) is 11.2 Å². The lowest BCUT2D eigenvalue weighted by Crippen LogP contribution is -2.26. The van der Waals surface area contributed by atoms with Crippen molar-refractivity contribution in [3.05, 3.63) is 59.2 Å². The molecule has 1 amide bonds. The number of hydrogen-bond donors (Lipinski definition) is 1. The van der Waals surface area contributed by atoms with Crippen molar-refractivity contribution in [2.75, 3.05) is 5.32 Å². The fourth-order valence-corrected chi connectivity index (χ4v) is 4.42. The van der Waals surface area contributed by atoms with Crippen molar-refractivity contribution >= 4 is 23.4 Å². The van der Waals surface area contributed by atoms with Crippen molar-refractivity contribution in [2.45, 2.75) is 56.1 Å². The number of carbonyl (C=O) groups is 1. The zero-order valence-electron chi connectivity index (χ0n) is 14.8. The molecular formula is C21H25NOS. The first-order valence-electron chi connectivity index (χ1n) is 8.65. The summed E-state index contributed by atoms with van der Waals surface area (Å²) in [5.41, 5.74) is 4.73. The molecule has 0 bridgehead atoms. The van der Waals surface area contributed by atoms with Crippen LogP contribution >= 0.6 is 11.8 Å². The van der Waals surface area contributed by atoms with Gasteiger partial charge in [0.25, 0.3) is 0 Å². The maximum atomic E-state index is 12.9. The van der Waals surface area contributed by atoms with E-state index in [1.807, 2.05) is 12.1 Å². The van der Waals surface area contributed by atoms with E-state index in [4.69, 9.17) is 0 Å². The molecule has 1 heterocycles. The summed E-state index contributed by atoms with van der Waals surface area (Å²) in [6.07, 6.45) is 0.813. The molecule has 1 unspecified atom stereocenters. The van der Waals surface area contributed by atoms with Gasteiger partial charge < -0.3 is 5.32 Å². The average Bonchev–Trinajstić information content (AvgIpc) is 2.98. The Morgan fingerprint density at radius 3 is 2.21 bits per heavy atom. The molecule has 0 spiro atoms. The fraction of sp³-hybridized carbons (Fsp3) is 0.381. The summed E-state index contributed by atoms with van der Waals surface area (Å²) >= 11 is 1.68. The Kier molecular flexibility index (Phi) is 5.00. The Morgan fingerprint density at radius 2 is 1.62 bits per heavy atom. The van der Waals surface area contributed by atoms with Gasteiger partial charge in [0.2, 0.25) is 5.91 Å². The zero-order valence-corrected chi connectivity index (χ0v) is 15.6. The van der Waals surface area contributed by atoms with Gasteiger partial charge in [-0.2, -0.15) is 0 Å². The highest BCUT2D eigenvalue weighted by atomic mass is 32.2. The molecule has 3 heteroatoms. The van der Waals surface area contributed by atoms with Gasteiger partial charge in [-0.1, -0.05) is 64.1 Å². The highest BCUT2D eigenvalue weighted by Crippen LogP contribution is 2.38. The molecule has 3 rings (SSSR count). The first-order valence-corrected chi connectivity index (χ1v) is 9.53. The monoisotopic (exact) mass is 339 g/mol. The van der Waals surface area contributed by atoms with E-state index in [1.165, 1.54) is 21.6 Å². The van der Waals surface area contributed by atoms with Crippen LogP contribution in [0.5, 0.6) is 0 Å². The van der Waals surface area contributed by atoms with Gasteiger partial charge in [0.15, 0.2) is 0 Å². The van der Waals surface area contributed by atoms with E-state index < -0.39 is 0 Å². The number of para-hydroxylation sites is 1. The normalized spacial score (nSPS) is 16.5. The number of carbonyl (C=O) groups excluding carboxylic acids is 1. The maximum absolute atomic E-state index is 12.9. The number of hydrogen-bond acceptors (Lipinski definition) is 2. The quantitative estimate of drug-likeness (QED) is 0.787. The third-order valence-corrected chi connectivity index (χ3v) is 5.88. The predicted molar refractivity (Wildman–Crippen MR) is 103 cm³/mol. The molecule has 0 aromatic heterocycles. The molecule has 0 aliphatic carbocycles. The number of amides is 1. The van der Waals surface area contributed by atoms with E-state index in [1.54, 1.807) is 11.8 Å². The van der Waals surface area contributed by atoms with E-state index >= 15 is 0 Å². The van der Waals surface area contributed by atoms with E-state index in [9.17, 15) is 4.79 Å². The molecule has 1 aliphatic rings.